The third-order valence-corrected chi connectivity index (χ3v) is 4.05. The normalized spacial score (nSPS) is 13.8. The van der Waals surface area contributed by atoms with E-state index in [9.17, 15) is 9.59 Å². The van der Waals surface area contributed by atoms with Crippen molar-refractivity contribution < 1.29 is 14.7 Å². The molecule has 0 saturated carbocycles. The van der Waals surface area contributed by atoms with Gasteiger partial charge in [0.15, 0.2) is 0 Å². The summed E-state index contributed by atoms with van der Waals surface area (Å²) in [5.74, 6) is -1.09. The van der Waals surface area contributed by atoms with Gasteiger partial charge in [0.25, 0.3) is 0 Å². The smallest absolute Gasteiger partial charge is 0.305 e. The number of hydrogen-bond acceptors (Lipinski definition) is 4. The molecule has 0 unspecified atom stereocenters. The van der Waals surface area contributed by atoms with E-state index in [0.29, 0.717) is 6.42 Å². The Morgan fingerprint density at radius 2 is 2.16 bits per heavy atom. The van der Waals surface area contributed by atoms with E-state index in [1.807, 2.05) is 19.2 Å². The number of rotatable bonds is 7. The van der Waals surface area contributed by atoms with Crippen LogP contribution in [0, 0.1) is 0 Å². The molecular formula is C13H20N2O3S. The van der Waals surface area contributed by atoms with Crippen LogP contribution in [-0.4, -0.2) is 27.5 Å². The number of carboxylic acids is 1. The Balaban J connectivity index is 2.60. The van der Waals surface area contributed by atoms with Gasteiger partial charge in [-0.15, -0.1) is 11.3 Å². The standard InChI is InChI=1S/C13H20N2O3S/c1-4-11-14-9(8-19-11)6-10(16)15-13(3,5-2)7-12(17)18/h8H,4-7H2,1-3H3,(H,15,16)(H,17,18)/t13-/m0/s1. The highest BCUT2D eigenvalue weighted by Gasteiger charge is 2.27. The van der Waals surface area contributed by atoms with Gasteiger partial charge in [-0.25, -0.2) is 4.98 Å². The van der Waals surface area contributed by atoms with Crippen molar-refractivity contribution in [2.45, 2.75) is 52.0 Å². The molecule has 0 saturated heterocycles. The number of aryl methyl sites for hydroxylation is 1. The van der Waals surface area contributed by atoms with Crippen LogP contribution in [0.3, 0.4) is 0 Å². The Morgan fingerprint density at radius 1 is 1.47 bits per heavy atom. The summed E-state index contributed by atoms with van der Waals surface area (Å²) < 4.78 is 0. The summed E-state index contributed by atoms with van der Waals surface area (Å²) in [6.07, 6.45) is 1.55. The highest BCUT2D eigenvalue weighted by atomic mass is 32.1. The molecule has 2 N–H and O–H groups in total. The first-order valence-corrected chi connectivity index (χ1v) is 7.22. The van der Waals surface area contributed by atoms with Gasteiger partial charge in [-0.05, 0) is 19.8 Å². The minimum Gasteiger partial charge on any atom is -0.481 e. The van der Waals surface area contributed by atoms with Gasteiger partial charge in [-0.1, -0.05) is 13.8 Å². The zero-order valence-electron chi connectivity index (χ0n) is 11.5. The van der Waals surface area contributed by atoms with Crippen molar-refractivity contribution in [3.8, 4) is 0 Å². The highest BCUT2D eigenvalue weighted by Crippen LogP contribution is 2.15. The predicted octanol–water partition coefficient (Wildman–Crippen LogP) is 2.01. The molecule has 1 aromatic rings. The number of aliphatic carboxylic acids is 1. The Bertz CT molecular complexity index is 458. The summed E-state index contributed by atoms with van der Waals surface area (Å²) in [7, 11) is 0. The monoisotopic (exact) mass is 284 g/mol. The van der Waals surface area contributed by atoms with Crippen LogP contribution in [0.2, 0.25) is 0 Å². The Labute approximate surface area is 117 Å². The predicted molar refractivity (Wildman–Crippen MR) is 74.3 cm³/mol. The van der Waals surface area contributed by atoms with Crippen LogP contribution in [0.1, 0.15) is 44.3 Å². The van der Waals surface area contributed by atoms with E-state index in [1.165, 1.54) is 0 Å². The zero-order chi connectivity index (χ0) is 14.5. The second kappa shape index (κ2) is 6.65. The highest BCUT2D eigenvalue weighted by molar-refractivity contribution is 7.09. The second-order valence-electron chi connectivity index (χ2n) is 4.80. The minimum absolute atomic E-state index is 0.0769. The van der Waals surface area contributed by atoms with Gasteiger partial charge in [0.05, 0.1) is 23.5 Å². The van der Waals surface area contributed by atoms with E-state index in [1.54, 1.807) is 18.3 Å². The van der Waals surface area contributed by atoms with Crippen LogP contribution in [0.5, 0.6) is 0 Å². The van der Waals surface area contributed by atoms with Crippen molar-refractivity contribution in [2.75, 3.05) is 0 Å². The fraction of sp³-hybridized carbons (Fsp3) is 0.615. The van der Waals surface area contributed by atoms with E-state index in [4.69, 9.17) is 5.11 Å². The van der Waals surface area contributed by atoms with Crippen molar-refractivity contribution in [2.24, 2.45) is 0 Å². The molecular weight excluding hydrogens is 264 g/mol. The maximum Gasteiger partial charge on any atom is 0.305 e. The molecule has 0 fully saturated rings. The Morgan fingerprint density at radius 3 is 2.63 bits per heavy atom. The molecule has 0 radical (unpaired) electrons. The van der Waals surface area contributed by atoms with Gasteiger partial charge in [-0.3, -0.25) is 9.59 Å². The largest absolute Gasteiger partial charge is 0.481 e. The zero-order valence-corrected chi connectivity index (χ0v) is 12.3. The van der Waals surface area contributed by atoms with Gasteiger partial charge in [0.1, 0.15) is 0 Å². The summed E-state index contributed by atoms with van der Waals surface area (Å²) >= 11 is 1.54. The maximum absolute atomic E-state index is 11.9. The molecule has 6 heteroatoms. The van der Waals surface area contributed by atoms with Crippen molar-refractivity contribution >= 4 is 23.2 Å². The van der Waals surface area contributed by atoms with Crippen LogP contribution < -0.4 is 5.32 Å². The molecule has 19 heavy (non-hydrogen) atoms. The number of amides is 1. The lowest BCUT2D eigenvalue weighted by Crippen LogP contribution is -2.47. The summed E-state index contributed by atoms with van der Waals surface area (Å²) in [6, 6.07) is 0. The first-order valence-electron chi connectivity index (χ1n) is 6.34. The summed E-state index contributed by atoms with van der Waals surface area (Å²) in [5, 5.41) is 14.5. The SMILES string of the molecule is CCc1nc(CC(=O)N[C@@](C)(CC)CC(=O)O)cs1. The van der Waals surface area contributed by atoms with Gasteiger partial charge in [0, 0.05) is 10.9 Å². The molecule has 1 atom stereocenters. The quantitative estimate of drug-likeness (QED) is 0.802. The van der Waals surface area contributed by atoms with E-state index in [2.05, 4.69) is 10.3 Å². The van der Waals surface area contributed by atoms with Gasteiger partial charge in [0.2, 0.25) is 5.91 Å². The van der Waals surface area contributed by atoms with Crippen LogP contribution in [0.25, 0.3) is 0 Å². The topological polar surface area (TPSA) is 79.3 Å². The van der Waals surface area contributed by atoms with Gasteiger partial charge in [-0.2, -0.15) is 0 Å². The maximum atomic E-state index is 11.9. The molecule has 1 aromatic heterocycles. The summed E-state index contributed by atoms with van der Waals surface area (Å²) in [4.78, 5) is 27.0. The molecule has 1 amide bonds. The third-order valence-electron chi connectivity index (χ3n) is 3.01. The minimum atomic E-state index is -0.911. The lowest BCUT2D eigenvalue weighted by Gasteiger charge is -2.27. The van der Waals surface area contributed by atoms with Crippen molar-refractivity contribution in [3.05, 3.63) is 16.1 Å². The van der Waals surface area contributed by atoms with Gasteiger partial charge < -0.3 is 10.4 Å². The molecule has 0 aromatic carbocycles. The summed E-state index contributed by atoms with van der Waals surface area (Å²) in [6.45, 7) is 5.63. The second-order valence-corrected chi connectivity index (χ2v) is 5.74. The molecule has 0 spiro atoms. The number of carboxylic acid groups (broad SMARTS) is 1. The van der Waals surface area contributed by atoms with E-state index >= 15 is 0 Å². The number of carbonyl (C=O) groups excluding carboxylic acids is 1. The van der Waals surface area contributed by atoms with Crippen LogP contribution in [0.15, 0.2) is 5.38 Å². The summed E-state index contributed by atoms with van der Waals surface area (Å²) in [5.41, 5.74) is 0.0418. The van der Waals surface area contributed by atoms with Crippen molar-refractivity contribution in [3.63, 3.8) is 0 Å². The first kappa shape index (κ1) is 15.6. The molecule has 1 rings (SSSR count). The number of carbonyl (C=O) groups is 2. The van der Waals surface area contributed by atoms with Crippen LogP contribution in [0.4, 0.5) is 0 Å². The number of nitrogens with one attached hydrogen (secondary N) is 1. The number of aromatic nitrogens is 1. The van der Waals surface area contributed by atoms with Crippen LogP contribution >= 0.6 is 11.3 Å². The van der Waals surface area contributed by atoms with Crippen molar-refractivity contribution in [1.29, 1.82) is 0 Å². The van der Waals surface area contributed by atoms with Crippen LogP contribution in [-0.2, 0) is 22.4 Å². The molecule has 0 bridgehead atoms. The number of thiazole rings is 1. The Hall–Kier alpha value is -1.43. The number of hydrogen-bond donors (Lipinski definition) is 2. The third kappa shape index (κ3) is 4.98. The van der Waals surface area contributed by atoms with Gasteiger partial charge >= 0.3 is 5.97 Å². The molecule has 0 aliphatic rings. The molecule has 106 valence electrons. The lowest BCUT2D eigenvalue weighted by atomic mass is 9.94. The average molecular weight is 284 g/mol. The Kier molecular flexibility index (Phi) is 5.47. The van der Waals surface area contributed by atoms with E-state index in [-0.39, 0.29) is 18.7 Å². The molecule has 0 aliphatic heterocycles. The fourth-order valence-electron chi connectivity index (χ4n) is 1.73. The molecule has 0 aliphatic carbocycles. The average Bonchev–Trinajstić information content (AvgIpc) is 2.75. The number of nitrogens with zero attached hydrogens (tertiary/aromatic N) is 1. The molecule has 5 nitrogen and oxygen atoms in total. The molecule has 1 heterocycles. The first-order chi connectivity index (χ1) is 8.88. The van der Waals surface area contributed by atoms with E-state index in [0.717, 1.165) is 17.1 Å². The van der Waals surface area contributed by atoms with E-state index < -0.39 is 11.5 Å². The lowest BCUT2D eigenvalue weighted by molar-refractivity contribution is -0.139. The van der Waals surface area contributed by atoms with Crippen molar-refractivity contribution in [1.82, 2.24) is 10.3 Å². The fourth-order valence-corrected chi connectivity index (χ4v) is 2.47.